The SMILES string of the molecule is CN=C(NCCN1CCCN(C)CC1)NCC(C)Oc1ccc(Cl)cc1.I. The van der Waals surface area contributed by atoms with Crippen molar-refractivity contribution in [3.05, 3.63) is 29.3 Å². The van der Waals surface area contributed by atoms with Gasteiger partial charge in [-0.15, -0.1) is 24.0 Å². The first-order chi connectivity index (χ1) is 12.6. The number of aliphatic imine (C=N–C) groups is 1. The molecule has 1 saturated heterocycles. The van der Waals surface area contributed by atoms with E-state index in [1.165, 1.54) is 19.5 Å². The maximum absolute atomic E-state index is 5.89. The third-order valence-electron chi connectivity index (χ3n) is 4.46. The Hall–Kier alpha value is -0.770. The molecule has 1 aliphatic heterocycles. The van der Waals surface area contributed by atoms with E-state index in [1.807, 2.05) is 31.2 Å². The molecule has 1 aromatic rings. The lowest BCUT2D eigenvalue weighted by Gasteiger charge is -2.21. The van der Waals surface area contributed by atoms with Gasteiger partial charge in [-0.25, -0.2) is 0 Å². The number of hydrogen-bond acceptors (Lipinski definition) is 4. The Morgan fingerprint density at radius 1 is 1.19 bits per heavy atom. The van der Waals surface area contributed by atoms with Gasteiger partial charge >= 0.3 is 0 Å². The fourth-order valence-corrected chi connectivity index (χ4v) is 3.03. The Kier molecular flexibility index (Phi) is 12.1. The summed E-state index contributed by atoms with van der Waals surface area (Å²) in [6, 6.07) is 7.42. The van der Waals surface area contributed by atoms with E-state index in [0.717, 1.165) is 37.9 Å². The standard InChI is InChI=1S/C19H32ClN5O.HI/c1-16(26-18-7-5-17(20)6-8-18)15-23-19(21-2)22-9-12-25-11-4-10-24(3)13-14-25;/h5-8,16H,4,9-15H2,1-3H3,(H2,21,22,23);1H. The first-order valence-electron chi connectivity index (χ1n) is 9.34. The van der Waals surface area contributed by atoms with Crippen LogP contribution in [-0.4, -0.2) is 81.8 Å². The van der Waals surface area contributed by atoms with Crippen LogP contribution in [-0.2, 0) is 0 Å². The van der Waals surface area contributed by atoms with Crippen LogP contribution in [0.3, 0.4) is 0 Å². The molecule has 0 radical (unpaired) electrons. The van der Waals surface area contributed by atoms with Crippen molar-refractivity contribution in [2.75, 3.05) is 59.9 Å². The van der Waals surface area contributed by atoms with Crippen LogP contribution in [0.25, 0.3) is 0 Å². The number of halogens is 2. The van der Waals surface area contributed by atoms with E-state index in [4.69, 9.17) is 16.3 Å². The number of nitrogens with zero attached hydrogens (tertiary/aromatic N) is 3. The maximum atomic E-state index is 5.89. The summed E-state index contributed by atoms with van der Waals surface area (Å²) in [5.41, 5.74) is 0. The zero-order chi connectivity index (χ0) is 18.8. The molecule has 2 rings (SSSR count). The number of guanidine groups is 1. The van der Waals surface area contributed by atoms with Crippen LogP contribution in [0.1, 0.15) is 13.3 Å². The maximum Gasteiger partial charge on any atom is 0.191 e. The van der Waals surface area contributed by atoms with Crippen molar-refractivity contribution in [2.45, 2.75) is 19.4 Å². The third kappa shape index (κ3) is 9.82. The Bertz CT molecular complexity index is 558. The van der Waals surface area contributed by atoms with Crippen molar-refractivity contribution < 1.29 is 4.74 Å². The number of benzene rings is 1. The molecule has 1 unspecified atom stereocenters. The van der Waals surface area contributed by atoms with Crippen molar-refractivity contribution in [1.82, 2.24) is 20.4 Å². The van der Waals surface area contributed by atoms with Crippen LogP contribution < -0.4 is 15.4 Å². The van der Waals surface area contributed by atoms with Crippen LogP contribution in [0.2, 0.25) is 5.02 Å². The van der Waals surface area contributed by atoms with Crippen LogP contribution in [0.15, 0.2) is 29.3 Å². The van der Waals surface area contributed by atoms with E-state index in [-0.39, 0.29) is 30.1 Å². The highest BCUT2D eigenvalue weighted by molar-refractivity contribution is 14.0. The molecule has 1 fully saturated rings. The number of rotatable bonds is 7. The summed E-state index contributed by atoms with van der Waals surface area (Å²) in [4.78, 5) is 9.20. The minimum absolute atomic E-state index is 0. The molecule has 1 aromatic carbocycles. The summed E-state index contributed by atoms with van der Waals surface area (Å²) in [5, 5.41) is 7.42. The number of nitrogens with one attached hydrogen (secondary N) is 2. The Morgan fingerprint density at radius 3 is 2.63 bits per heavy atom. The second-order valence-corrected chi connectivity index (χ2v) is 7.20. The molecule has 0 aromatic heterocycles. The minimum Gasteiger partial charge on any atom is -0.489 e. The fraction of sp³-hybridized carbons (Fsp3) is 0.632. The molecule has 0 saturated carbocycles. The van der Waals surface area contributed by atoms with E-state index in [0.29, 0.717) is 11.6 Å². The number of likely N-dealkylation sites (N-methyl/N-ethyl adjacent to an activating group) is 1. The van der Waals surface area contributed by atoms with Gasteiger partial charge in [0.1, 0.15) is 11.9 Å². The summed E-state index contributed by atoms with van der Waals surface area (Å²) < 4.78 is 5.87. The van der Waals surface area contributed by atoms with E-state index in [9.17, 15) is 0 Å². The van der Waals surface area contributed by atoms with Crippen LogP contribution in [0.5, 0.6) is 5.75 Å². The van der Waals surface area contributed by atoms with Crippen molar-refractivity contribution in [2.24, 2.45) is 4.99 Å². The van der Waals surface area contributed by atoms with Crippen molar-refractivity contribution >= 4 is 41.5 Å². The zero-order valence-electron chi connectivity index (χ0n) is 16.6. The van der Waals surface area contributed by atoms with E-state index >= 15 is 0 Å². The predicted octanol–water partition coefficient (Wildman–Crippen LogP) is 2.53. The predicted molar refractivity (Wildman–Crippen MR) is 125 cm³/mol. The normalized spacial score (nSPS) is 17.6. The second-order valence-electron chi connectivity index (χ2n) is 6.76. The zero-order valence-corrected chi connectivity index (χ0v) is 19.7. The number of ether oxygens (including phenoxy) is 1. The molecule has 1 atom stereocenters. The Labute approximate surface area is 185 Å². The summed E-state index contributed by atoms with van der Waals surface area (Å²) in [7, 11) is 3.99. The average Bonchev–Trinajstić information content (AvgIpc) is 2.84. The summed E-state index contributed by atoms with van der Waals surface area (Å²) in [6.07, 6.45) is 1.26. The molecule has 1 aliphatic rings. The van der Waals surface area contributed by atoms with Gasteiger partial charge in [-0.1, -0.05) is 11.6 Å². The molecular formula is C19H33ClIN5O. The lowest BCUT2D eigenvalue weighted by Crippen LogP contribution is -2.44. The lowest BCUT2D eigenvalue weighted by molar-refractivity contribution is 0.223. The molecule has 0 spiro atoms. The highest BCUT2D eigenvalue weighted by atomic mass is 127. The van der Waals surface area contributed by atoms with Gasteiger partial charge in [0.25, 0.3) is 0 Å². The van der Waals surface area contributed by atoms with E-state index < -0.39 is 0 Å². The number of hydrogen-bond donors (Lipinski definition) is 2. The second kappa shape index (κ2) is 13.4. The largest absolute Gasteiger partial charge is 0.489 e. The molecular weight excluding hydrogens is 477 g/mol. The lowest BCUT2D eigenvalue weighted by atomic mass is 10.3. The summed E-state index contributed by atoms with van der Waals surface area (Å²) in [5.74, 6) is 1.63. The molecule has 1 heterocycles. The van der Waals surface area contributed by atoms with Crippen LogP contribution in [0.4, 0.5) is 0 Å². The molecule has 0 amide bonds. The Balaban J connectivity index is 0.00000364. The summed E-state index contributed by atoms with van der Waals surface area (Å²) >= 11 is 5.89. The first kappa shape index (κ1) is 24.3. The van der Waals surface area contributed by atoms with Crippen LogP contribution in [0, 0.1) is 0 Å². The highest BCUT2D eigenvalue weighted by Gasteiger charge is 2.12. The van der Waals surface area contributed by atoms with E-state index in [1.54, 1.807) is 7.05 Å². The van der Waals surface area contributed by atoms with Gasteiger partial charge in [0, 0.05) is 38.2 Å². The topological polar surface area (TPSA) is 52.1 Å². The molecule has 6 nitrogen and oxygen atoms in total. The van der Waals surface area contributed by atoms with Crippen LogP contribution >= 0.6 is 35.6 Å². The smallest absolute Gasteiger partial charge is 0.191 e. The van der Waals surface area contributed by atoms with Gasteiger partial charge in [0.05, 0.1) is 6.54 Å². The quantitative estimate of drug-likeness (QED) is 0.336. The monoisotopic (exact) mass is 509 g/mol. The van der Waals surface area contributed by atoms with Crippen molar-refractivity contribution in [3.63, 3.8) is 0 Å². The molecule has 8 heteroatoms. The van der Waals surface area contributed by atoms with Gasteiger partial charge in [0.15, 0.2) is 5.96 Å². The van der Waals surface area contributed by atoms with Crippen molar-refractivity contribution in [1.29, 1.82) is 0 Å². The van der Waals surface area contributed by atoms with Gasteiger partial charge in [-0.3, -0.25) is 4.99 Å². The van der Waals surface area contributed by atoms with Gasteiger partial charge in [-0.05, 0) is 57.7 Å². The van der Waals surface area contributed by atoms with Gasteiger partial charge in [-0.2, -0.15) is 0 Å². The highest BCUT2D eigenvalue weighted by Crippen LogP contribution is 2.16. The Morgan fingerprint density at radius 2 is 1.93 bits per heavy atom. The van der Waals surface area contributed by atoms with E-state index in [2.05, 4.69) is 32.5 Å². The molecule has 0 aliphatic carbocycles. The van der Waals surface area contributed by atoms with Crippen molar-refractivity contribution in [3.8, 4) is 5.75 Å². The third-order valence-corrected chi connectivity index (χ3v) is 4.72. The molecule has 154 valence electrons. The fourth-order valence-electron chi connectivity index (χ4n) is 2.90. The summed E-state index contributed by atoms with van der Waals surface area (Å²) in [6.45, 7) is 9.27. The van der Waals surface area contributed by atoms with Gasteiger partial charge < -0.3 is 25.2 Å². The molecule has 27 heavy (non-hydrogen) atoms. The first-order valence-corrected chi connectivity index (χ1v) is 9.72. The molecule has 2 N–H and O–H groups in total. The van der Waals surface area contributed by atoms with Gasteiger partial charge in [0.2, 0.25) is 0 Å². The molecule has 0 bridgehead atoms. The average molecular weight is 510 g/mol. The minimum atomic E-state index is 0.